The van der Waals surface area contributed by atoms with Crippen molar-refractivity contribution in [2.45, 2.75) is 56.5 Å². The van der Waals surface area contributed by atoms with Crippen LogP contribution >= 0.6 is 23.2 Å². The minimum Gasteiger partial charge on any atom is -0.395 e. The van der Waals surface area contributed by atoms with E-state index in [1.54, 1.807) is 6.07 Å². The van der Waals surface area contributed by atoms with Crippen molar-refractivity contribution in [3.05, 3.63) is 68.7 Å². The molecule has 0 aliphatic carbocycles. The number of piperidine rings is 1. The fraction of sp³-hybridized carbons (Fsp3) is 0.480. The van der Waals surface area contributed by atoms with E-state index in [9.17, 15) is 36.2 Å². The maximum absolute atomic E-state index is 13.2. The number of halogens is 8. The first-order chi connectivity index (χ1) is 17.3. The molecule has 1 aliphatic rings. The van der Waals surface area contributed by atoms with Crippen molar-refractivity contribution in [3.8, 4) is 0 Å². The number of likely N-dealkylation sites (tertiary alicyclic amines) is 1. The molecule has 2 atom stereocenters. The third kappa shape index (κ3) is 7.99. The normalized spacial score (nSPS) is 18.0. The molecular weight excluding hydrogens is 545 g/mol. The smallest absolute Gasteiger partial charge is 0.395 e. The molecular formula is C25H26Cl2F6N2O2. The second kappa shape index (κ2) is 12.2. The standard InChI is InChI=1S/C25H26Cl2F6N2O2/c26-21-5-4-16(11-22(21)27)20(6-8-35-7-2-1-3-19(35)14-36)23(37)34-13-15-9-17(24(28,29)30)12-18(10-15)25(31,32)33/h4-5,9-12,19-20,36H,1-3,6-8,13-14H2,(H,34,37). The number of amides is 1. The number of nitrogens with zero attached hydrogens (tertiary/aromatic N) is 1. The summed E-state index contributed by atoms with van der Waals surface area (Å²) in [5.74, 6) is -1.38. The lowest BCUT2D eigenvalue weighted by Gasteiger charge is -2.35. The third-order valence-electron chi connectivity index (χ3n) is 6.44. The maximum Gasteiger partial charge on any atom is 0.416 e. The van der Waals surface area contributed by atoms with Crippen LogP contribution < -0.4 is 5.32 Å². The second-order valence-corrected chi connectivity index (χ2v) is 9.83. The first kappa shape index (κ1) is 29.5. The Balaban J connectivity index is 1.82. The first-order valence-corrected chi connectivity index (χ1v) is 12.4. The number of aliphatic hydroxyl groups is 1. The van der Waals surface area contributed by atoms with Crippen LogP contribution in [0.2, 0.25) is 10.0 Å². The number of alkyl halides is 6. The van der Waals surface area contributed by atoms with Crippen molar-refractivity contribution in [2.75, 3.05) is 19.7 Å². The van der Waals surface area contributed by atoms with Crippen molar-refractivity contribution >= 4 is 29.1 Å². The number of aliphatic hydroxyl groups excluding tert-OH is 1. The number of hydrogen-bond acceptors (Lipinski definition) is 3. The van der Waals surface area contributed by atoms with Gasteiger partial charge in [-0.1, -0.05) is 35.7 Å². The van der Waals surface area contributed by atoms with Crippen LogP contribution in [0, 0.1) is 0 Å². The van der Waals surface area contributed by atoms with E-state index in [2.05, 4.69) is 10.2 Å². The fourth-order valence-electron chi connectivity index (χ4n) is 4.47. The topological polar surface area (TPSA) is 52.6 Å². The third-order valence-corrected chi connectivity index (χ3v) is 7.18. The van der Waals surface area contributed by atoms with E-state index in [-0.39, 0.29) is 40.7 Å². The highest BCUT2D eigenvalue weighted by Gasteiger charge is 2.37. The summed E-state index contributed by atoms with van der Waals surface area (Å²) in [6, 6.07) is 5.80. The van der Waals surface area contributed by atoms with Crippen LogP contribution in [0.25, 0.3) is 0 Å². The number of nitrogens with one attached hydrogen (secondary N) is 1. The number of carbonyl (C=O) groups excluding carboxylic acids is 1. The number of rotatable bonds is 8. The SMILES string of the molecule is O=C(NCc1cc(C(F)(F)F)cc(C(F)(F)F)c1)C(CCN1CCCCC1CO)c1ccc(Cl)c(Cl)c1. The minimum atomic E-state index is -4.99. The molecule has 4 nitrogen and oxygen atoms in total. The van der Waals surface area contributed by atoms with Gasteiger partial charge in [0.05, 0.1) is 33.7 Å². The zero-order chi connectivity index (χ0) is 27.4. The van der Waals surface area contributed by atoms with E-state index >= 15 is 0 Å². The Kier molecular flexibility index (Phi) is 9.77. The van der Waals surface area contributed by atoms with Gasteiger partial charge in [-0.25, -0.2) is 0 Å². The zero-order valence-corrected chi connectivity index (χ0v) is 21.1. The first-order valence-electron chi connectivity index (χ1n) is 11.7. The highest BCUT2D eigenvalue weighted by molar-refractivity contribution is 6.42. The van der Waals surface area contributed by atoms with Gasteiger partial charge in [0.15, 0.2) is 0 Å². The van der Waals surface area contributed by atoms with Gasteiger partial charge in [-0.3, -0.25) is 9.69 Å². The van der Waals surface area contributed by atoms with E-state index in [0.717, 1.165) is 25.8 Å². The Morgan fingerprint density at radius 1 is 1.00 bits per heavy atom. The van der Waals surface area contributed by atoms with Crippen LogP contribution in [0.5, 0.6) is 0 Å². The predicted molar refractivity (Wildman–Crippen MR) is 128 cm³/mol. The molecule has 2 N–H and O–H groups in total. The molecule has 37 heavy (non-hydrogen) atoms. The summed E-state index contributed by atoms with van der Waals surface area (Å²) in [6.07, 6.45) is -6.94. The Hall–Kier alpha value is -2.01. The van der Waals surface area contributed by atoms with Crippen LogP contribution in [-0.2, 0) is 23.7 Å². The summed E-state index contributed by atoms with van der Waals surface area (Å²) in [4.78, 5) is 15.3. The highest BCUT2D eigenvalue weighted by atomic mass is 35.5. The summed E-state index contributed by atoms with van der Waals surface area (Å²) in [7, 11) is 0. The lowest BCUT2D eigenvalue weighted by molar-refractivity contribution is -0.143. The molecule has 12 heteroatoms. The van der Waals surface area contributed by atoms with E-state index < -0.39 is 41.8 Å². The minimum absolute atomic E-state index is 0.0271. The van der Waals surface area contributed by atoms with Crippen LogP contribution in [-0.4, -0.2) is 41.7 Å². The van der Waals surface area contributed by atoms with Crippen LogP contribution in [0.4, 0.5) is 26.3 Å². The lowest BCUT2D eigenvalue weighted by atomic mass is 9.93. The van der Waals surface area contributed by atoms with Crippen molar-refractivity contribution in [3.63, 3.8) is 0 Å². The van der Waals surface area contributed by atoms with E-state index in [1.807, 2.05) is 0 Å². The molecule has 3 rings (SSSR count). The molecule has 0 saturated carbocycles. The van der Waals surface area contributed by atoms with E-state index in [4.69, 9.17) is 23.2 Å². The van der Waals surface area contributed by atoms with Crippen molar-refractivity contribution in [1.29, 1.82) is 0 Å². The molecule has 2 aromatic rings. The van der Waals surface area contributed by atoms with Crippen molar-refractivity contribution in [1.82, 2.24) is 10.2 Å². The van der Waals surface area contributed by atoms with Crippen LogP contribution in [0.15, 0.2) is 36.4 Å². The molecule has 1 heterocycles. The summed E-state index contributed by atoms with van der Waals surface area (Å²) < 4.78 is 79.2. The fourth-order valence-corrected chi connectivity index (χ4v) is 4.77. The van der Waals surface area contributed by atoms with Gasteiger partial charge < -0.3 is 10.4 Å². The largest absolute Gasteiger partial charge is 0.416 e. The number of hydrogen-bond donors (Lipinski definition) is 2. The molecule has 0 spiro atoms. The molecule has 2 unspecified atom stereocenters. The van der Waals surface area contributed by atoms with Gasteiger partial charge >= 0.3 is 12.4 Å². The monoisotopic (exact) mass is 570 g/mol. The quantitative estimate of drug-likeness (QED) is 0.348. The average Bonchev–Trinajstić information content (AvgIpc) is 2.84. The molecule has 0 radical (unpaired) electrons. The Labute approximate surface area is 220 Å². The second-order valence-electron chi connectivity index (χ2n) is 9.01. The van der Waals surface area contributed by atoms with Crippen molar-refractivity contribution in [2.24, 2.45) is 0 Å². The average molecular weight is 571 g/mol. The molecule has 1 amide bonds. The Morgan fingerprint density at radius 2 is 1.65 bits per heavy atom. The van der Waals surface area contributed by atoms with E-state index in [1.165, 1.54) is 12.1 Å². The number of carbonyl (C=O) groups is 1. The van der Waals surface area contributed by atoms with Crippen LogP contribution in [0.3, 0.4) is 0 Å². The molecule has 0 aromatic heterocycles. The molecule has 1 aliphatic heterocycles. The van der Waals surface area contributed by atoms with Gasteiger partial charge in [0.1, 0.15) is 0 Å². The summed E-state index contributed by atoms with van der Waals surface area (Å²) >= 11 is 12.1. The summed E-state index contributed by atoms with van der Waals surface area (Å²) in [6.45, 7) is 0.629. The molecule has 1 fully saturated rings. The van der Waals surface area contributed by atoms with Gasteiger partial charge in [-0.05, 0) is 73.8 Å². The summed E-state index contributed by atoms with van der Waals surface area (Å²) in [5.41, 5.74) is -2.73. The van der Waals surface area contributed by atoms with Crippen LogP contribution in [0.1, 0.15) is 53.9 Å². The van der Waals surface area contributed by atoms with Gasteiger partial charge in [-0.2, -0.15) is 26.3 Å². The Morgan fingerprint density at radius 3 is 2.22 bits per heavy atom. The predicted octanol–water partition coefficient (Wildman–Crippen LogP) is 6.67. The van der Waals surface area contributed by atoms with Crippen molar-refractivity contribution < 1.29 is 36.2 Å². The van der Waals surface area contributed by atoms with Gasteiger partial charge in [0.25, 0.3) is 0 Å². The summed E-state index contributed by atoms with van der Waals surface area (Å²) in [5, 5.41) is 12.6. The zero-order valence-electron chi connectivity index (χ0n) is 19.6. The van der Waals surface area contributed by atoms with Gasteiger partial charge in [0, 0.05) is 12.6 Å². The molecule has 204 valence electrons. The Bertz CT molecular complexity index is 1060. The molecule has 0 bridgehead atoms. The lowest BCUT2D eigenvalue weighted by Crippen LogP contribution is -2.43. The van der Waals surface area contributed by atoms with Gasteiger partial charge in [-0.15, -0.1) is 0 Å². The van der Waals surface area contributed by atoms with E-state index in [0.29, 0.717) is 24.2 Å². The van der Waals surface area contributed by atoms with Gasteiger partial charge in [0.2, 0.25) is 5.91 Å². The number of benzene rings is 2. The maximum atomic E-state index is 13.2. The highest BCUT2D eigenvalue weighted by Crippen LogP contribution is 2.36. The molecule has 1 saturated heterocycles. The molecule has 2 aromatic carbocycles.